The van der Waals surface area contributed by atoms with Gasteiger partial charge in [-0.25, -0.2) is 14.6 Å². The number of rotatable bonds is 5. The van der Waals surface area contributed by atoms with Gasteiger partial charge in [0.15, 0.2) is 5.65 Å². The van der Waals surface area contributed by atoms with Crippen molar-refractivity contribution in [1.82, 2.24) is 19.6 Å². The van der Waals surface area contributed by atoms with Gasteiger partial charge in [-0.2, -0.15) is 9.61 Å². The average molecular weight is 442 g/mol. The fourth-order valence-electron chi connectivity index (χ4n) is 2.84. The predicted octanol–water partition coefficient (Wildman–Crippen LogP) is 3.02. The molecule has 0 saturated carbocycles. The number of nitrogens with zero attached hydrogens (tertiary/aromatic N) is 4. The molecule has 0 saturated heterocycles. The van der Waals surface area contributed by atoms with Crippen LogP contribution in [-0.2, 0) is 9.47 Å². The van der Waals surface area contributed by atoms with Crippen molar-refractivity contribution in [3.8, 4) is 0 Å². The predicted molar refractivity (Wildman–Crippen MR) is 119 cm³/mol. The van der Waals surface area contributed by atoms with E-state index in [4.69, 9.17) is 9.47 Å². The maximum absolute atomic E-state index is 12.7. The van der Waals surface area contributed by atoms with E-state index in [0.29, 0.717) is 22.9 Å². The highest BCUT2D eigenvalue weighted by molar-refractivity contribution is 5.97. The van der Waals surface area contributed by atoms with Gasteiger partial charge in [-0.1, -0.05) is 0 Å². The molecule has 3 rings (SSSR count). The number of anilines is 3. The fraction of sp³-hybridized carbons (Fsp3) is 0.381. The highest BCUT2D eigenvalue weighted by Crippen LogP contribution is 2.25. The molecule has 0 aliphatic heterocycles. The monoisotopic (exact) mass is 442 g/mol. The molecule has 0 aromatic carbocycles. The molecule has 11 heteroatoms. The van der Waals surface area contributed by atoms with E-state index < -0.39 is 17.7 Å². The van der Waals surface area contributed by atoms with E-state index in [2.05, 4.69) is 20.4 Å². The van der Waals surface area contributed by atoms with Crippen molar-refractivity contribution >= 4 is 35.0 Å². The molecule has 0 aliphatic rings. The molecule has 0 aliphatic carbocycles. The lowest BCUT2D eigenvalue weighted by Crippen LogP contribution is -2.35. The quantitative estimate of drug-likeness (QED) is 0.577. The summed E-state index contributed by atoms with van der Waals surface area (Å²) in [5.41, 5.74) is 0.518. The third kappa shape index (κ3) is 4.88. The number of nitrogens with one attached hydrogen (secondary N) is 2. The number of esters is 1. The molecule has 3 aromatic rings. The highest BCUT2D eigenvalue weighted by atomic mass is 16.6. The lowest BCUT2D eigenvalue weighted by atomic mass is 10.2. The standard InChI is InChI=1S/C21H26N6O5/c1-7-31-19(29)14-11-23-27-16(26(6)20(30)32-21(3,4)5)9-15(25-17(14)27)24-13-8-12(2)18(28)22-10-13/h8-11H,7H2,1-6H3,(H,22,28)(H,24,25). The summed E-state index contributed by atoms with van der Waals surface area (Å²) in [5.74, 6) is 0.0433. The number of pyridine rings is 1. The first-order chi connectivity index (χ1) is 15.0. The van der Waals surface area contributed by atoms with Crippen molar-refractivity contribution < 1.29 is 19.1 Å². The minimum atomic E-state index is -0.702. The number of aryl methyl sites for hydroxylation is 1. The molecule has 0 bridgehead atoms. The lowest BCUT2D eigenvalue weighted by Gasteiger charge is -2.25. The molecule has 11 nitrogen and oxygen atoms in total. The van der Waals surface area contributed by atoms with Crippen molar-refractivity contribution in [1.29, 1.82) is 0 Å². The normalized spacial score (nSPS) is 11.3. The van der Waals surface area contributed by atoms with Crippen molar-refractivity contribution in [2.75, 3.05) is 23.9 Å². The van der Waals surface area contributed by atoms with Gasteiger partial charge in [0.25, 0.3) is 5.56 Å². The molecule has 1 amide bonds. The first-order valence-corrected chi connectivity index (χ1v) is 9.99. The molecule has 170 valence electrons. The van der Waals surface area contributed by atoms with Crippen molar-refractivity contribution in [3.63, 3.8) is 0 Å². The molecule has 3 aromatic heterocycles. The van der Waals surface area contributed by atoms with E-state index in [0.717, 1.165) is 0 Å². The van der Waals surface area contributed by atoms with Crippen LogP contribution in [-0.4, -0.2) is 50.9 Å². The Morgan fingerprint density at radius 2 is 2.00 bits per heavy atom. The lowest BCUT2D eigenvalue weighted by molar-refractivity contribution is 0.0527. The van der Waals surface area contributed by atoms with E-state index in [1.807, 2.05) is 0 Å². The number of carbonyl (C=O) groups is 2. The van der Waals surface area contributed by atoms with Crippen LogP contribution in [0.15, 0.2) is 29.3 Å². The largest absolute Gasteiger partial charge is 0.462 e. The molecular weight excluding hydrogens is 416 g/mol. The summed E-state index contributed by atoms with van der Waals surface area (Å²) >= 11 is 0. The van der Waals surface area contributed by atoms with Crippen LogP contribution in [0.3, 0.4) is 0 Å². The van der Waals surface area contributed by atoms with Crippen LogP contribution in [0.1, 0.15) is 43.6 Å². The summed E-state index contributed by atoms with van der Waals surface area (Å²) in [6, 6.07) is 3.24. The Morgan fingerprint density at radius 3 is 2.62 bits per heavy atom. The zero-order chi connectivity index (χ0) is 23.6. The Morgan fingerprint density at radius 1 is 1.28 bits per heavy atom. The Bertz CT molecular complexity index is 1220. The molecule has 0 unspecified atom stereocenters. The summed E-state index contributed by atoms with van der Waals surface area (Å²) < 4.78 is 11.9. The Kier molecular flexibility index (Phi) is 6.19. The van der Waals surface area contributed by atoms with Gasteiger partial charge in [0, 0.05) is 24.9 Å². The van der Waals surface area contributed by atoms with Gasteiger partial charge in [-0.05, 0) is 40.7 Å². The van der Waals surface area contributed by atoms with Crippen molar-refractivity contribution in [3.05, 3.63) is 46.0 Å². The third-order valence-electron chi connectivity index (χ3n) is 4.32. The number of fused-ring (bicyclic) bond motifs is 1. The number of aromatic nitrogens is 4. The van der Waals surface area contributed by atoms with Crippen LogP contribution in [0.4, 0.5) is 22.1 Å². The SMILES string of the molecule is CCOC(=O)c1cnn2c(N(C)C(=O)OC(C)(C)C)cc(Nc3c[nH]c(=O)c(C)c3)nc12. The summed E-state index contributed by atoms with van der Waals surface area (Å²) in [6.07, 6.45) is 2.23. The van der Waals surface area contributed by atoms with Crippen molar-refractivity contribution in [2.45, 2.75) is 40.2 Å². The molecule has 2 N–H and O–H groups in total. The van der Waals surface area contributed by atoms with E-state index in [9.17, 15) is 14.4 Å². The Hall–Kier alpha value is -3.89. The third-order valence-corrected chi connectivity index (χ3v) is 4.32. The highest BCUT2D eigenvalue weighted by Gasteiger charge is 2.25. The van der Waals surface area contributed by atoms with Crippen LogP contribution in [0.5, 0.6) is 0 Å². The summed E-state index contributed by atoms with van der Waals surface area (Å²) in [5, 5.41) is 7.31. The maximum Gasteiger partial charge on any atom is 0.415 e. The van der Waals surface area contributed by atoms with Gasteiger partial charge in [-0.15, -0.1) is 0 Å². The number of hydrogen-bond acceptors (Lipinski definition) is 8. The second-order valence-electron chi connectivity index (χ2n) is 8.08. The number of carbonyl (C=O) groups excluding carboxylic acids is 2. The molecule has 0 radical (unpaired) electrons. The van der Waals surface area contributed by atoms with E-state index >= 15 is 0 Å². The zero-order valence-electron chi connectivity index (χ0n) is 18.8. The summed E-state index contributed by atoms with van der Waals surface area (Å²) in [6.45, 7) is 8.86. The smallest absolute Gasteiger partial charge is 0.415 e. The number of H-pyrrole nitrogens is 1. The topological polar surface area (TPSA) is 131 Å². The summed E-state index contributed by atoms with van der Waals surface area (Å²) in [4.78, 5) is 45.1. The Balaban J connectivity index is 2.11. The van der Waals surface area contributed by atoms with Gasteiger partial charge < -0.3 is 19.8 Å². The molecule has 0 spiro atoms. The molecule has 0 fully saturated rings. The van der Waals surface area contributed by atoms with E-state index in [1.165, 1.54) is 28.9 Å². The first kappa shape index (κ1) is 22.8. The number of ether oxygens (including phenoxy) is 2. The molecular formula is C21H26N6O5. The minimum absolute atomic E-state index is 0.145. The number of hydrogen-bond donors (Lipinski definition) is 2. The molecule has 0 atom stereocenters. The average Bonchev–Trinajstić information content (AvgIpc) is 3.12. The van der Waals surface area contributed by atoms with E-state index in [1.54, 1.807) is 46.8 Å². The van der Waals surface area contributed by atoms with E-state index in [-0.39, 0.29) is 23.4 Å². The first-order valence-electron chi connectivity index (χ1n) is 9.99. The van der Waals surface area contributed by atoms with Crippen LogP contribution >= 0.6 is 0 Å². The summed E-state index contributed by atoms with van der Waals surface area (Å²) in [7, 11) is 1.53. The minimum Gasteiger partial charge on any atom is -0.462 e. The molecule has 32 heavy (non-hydrogen) atoms. The maximum atomic E-state index is 12.7. The van der Waals surface area contributed by atoms with Crippen LogP contribution < -0.4 is 15.8 Å². The molecule has 3 heterocycles. The fourth-order valence-corrected chi connectivity index (χ4v) is 2.84. The van der Waals surface area contributed by atoms with Gasteiger partial charge in [-0.3, -0.25) is 9.69 Å². The number of aromatic amines is 1. The van der Waals surface area contributed by atoms with Gasteiger partial charge >= 0.3 is 12.1 Å². The van der Waals surface area contributed by atoms with Gasteiger partial charge in [0.05, 0.1) is 18.5 Å². The van der Waals surface area contributed by atoms with Gasteiger partial charge in [0.2, 0.25) is 0 Å². The Labute approximate surface area is 184 Å². The second kappa shape index (κ2) is 8.69. The van der Waals surface area contributed by atoms with Crippen molar-refractivity contribution in [2.24, 2.45) is 0 Å². The van der Waals surface area contributed by atoms with Crippen LogP contribution in [0, 0.1) is 6.92 Å². The van der Waals surface area contributed by atoms with Crippen LogP contribution in [0.2, 0.25) is 0 Å². The second-order valence-corrected chi connectivity index (χ2v) is 8.08. The van der Waals surface area contributed by atoms with Gasteiger partial charge in [0.1, 0.15) is 22.8 Å². The van der Waals surface area contributed by atoms with Crippen LogP contribution in [0.25, 0.3) is 5.65 Å². The number of amides is 1. The zero-order valence-corrected chi connectivity index (χ0v) is 18.8.